The van der Waals surface area contributed by atoms with Crippen molar-refractivity contribution in [3.8, 4) is 11.3 Å². The molecule has 1 fully saturated rings. The lowest BCUT2D eigenvalue weighted by atomic mass is 10.1. The Bertz CT molecular complexity index is 1600. The Balaban J connectivity index is 1.60. The van der Waals surface area contributed by atoms with Crippen LogP contribution in [-0.4, -0.2) is 16.9 Å². The standard InChI is InChI=1S/C27H14Cl4N2O3S/c28-20-9-6-15(12-22(20)30)24-11-8-18(36-24)14-19-25(34)32(16-4-2-1-3-5-16)27(37)33(26(19)35)17-7-10-21(29)23(31)13-17/h1-14H/b19-14+. The SMILES string of the molecule is O=C1/C(=C\c2ccc(-c3ccc(Cl)c(Cl)c3)o2)C(=O)N(c2ccc(Cl)c(Cl)c2)C(=S)N1c1ccccc1. The number of carbonyl (C=O) groups excluding carboxylic acids is 2. The molecule has 3 aromatic carbocycles. The molecule has 1 aromatic heterocycles. The Kier molecular flexibility index (Phi) is 7.12. The van der Waals surface area contributed by atoms with E-state index in [1.807, 2.05) is 6.07 Å². The normalized spacial score (nSPS) is 15.1. The summed E-state index contributed by atoms with van der Waals surface area (Å²) in [6.07, 6.45) is 1.38. The molecule has 0 radical (unpaired) electrons. The topological polar surface area (TPSA) is 53.8 Å². The van der Waals surface area contributed by atoms with Gasteiger partial charge in [0.15, 0.2) is 5.11 Å². The van der Waals surface area contributed by atoms with Gasteiger partial charge in [-0.25, -0.2) is 0 Å². The van der Waals surface area contributed by atoms with E-state index in [2.05, 4.69) is 0 Å². The first-order valence-corrected chi connectivity index (χ1v) is 12.7. The number of furan rings is 1. The van der Waals surface area contributed by atoms with E-state index in [9.17, 15) is 9.59 Å². The van der Waals surface area contributed by atoms with Gasteiger partial charge in [-0.05, 0) is 79.0 Å². The van der Waals surface area contributed by atoms with Crippen molar-refractivity contribution in [1.29, 1.82) is 0 Å². The lowest BCUT2D eigenvalue weighted by Crippen LogP contribution is -2.56. The van der Waals surface area contributed by atoms with E-state index in [1.54, 1.807) is 66.7 Å². The molecule has 0 N–H and O–H groups in total. The summed E-state index contributed by atoms with van der Waals surface area (Å²) in [6.45, 7) is 0. The Morgan fingerprint density at radius 3 is 1.95 bits per heavy atom. The molecule has 1 aliphatic heterocycles. The Hall–Kier alpha value is -3.13. The quantitative estimate of drug-likeness (QED) is 0.137. The van der Waals surface area contributed by atoms with Crippen LogP contribution in [-0.2, 0) is 9.59 Å². The van der Waals surface area contributed by atoms with Crippen LogP contribution in [0.1, 0.15) is 5.76 Å². The zero-order valence-electron chi connectivity index (χ0n) is 18.6. The minimum Gasteiger partial charge on any atom is -0.457 e. The maximum Gasteiger partial charge on any atom is 0.270 e. The Labute approximate surface area is 237 Å². The number of hydrogen-bond acceptors (Lipinski definition) is 4. The van der Waals surface area contributed by atoms with Crippen molar-refractivity contribution in [2.45, 2.75) is 0 Å². The van der Waals surface area contributed by atoms with Crippen LogP contribution in [0.3, 0.4) is 0 Å². The molecular weight excluding hydrogens is 574 g/mol. The van der Waals surface area contributed by atoms with Gasteiger partial charge in [0.25, 0.3) is 11.8 Å². The number of anilines is 2. The molecular formula is C27H14Cl4N2O3S. The maximum atomic E-state index is 13.7. The first-order valence-electron chi connectivity index (χ1n) is 10.7. The first-order chi connectivity index (χ1) is 17.7. The van der Waals surface area contributed by atoms with Crippen molar-refractivity contribution in [2.24, 2.45) is 0 Å². The smallest absolute Gasteiger partial charge is 0.270 e. The number of halogens is 4. The van der Waals surface area contributed by atoms with Crippen molar-refractivity contribution in [1.82, 2.24) is 0 Å². The lowest BCUT2D eigenvalue weighted by molar-refractivity contribution is -0.120. The summed E-state index contributed by atoms with van der Waals surface area (Å²) >= 11 is 30.0. The molecule has 37 heavy (non-hydrogen) atoms. The van der Waals surface area contributed by atoms with E-state index < -0.39 is 11.8 Å². The van der Waals surface area contributed by atoms with Crippen LogP contribution in [0.2, 0.25) is 20.1 Å². The molecule has 0 unspecified atom stereocenters. The summed E-state index contributed by atoms with van der Waals surface area (Å²) < 4.78 is 5.92. The van der Waals surface area contributed by atoms with Gasteiger partial charge in [-0.15, -0.1) is 0 Å². The predicted molar refractivity (Wildman–Crippen MR) is 153 cm³/mol. The minimum atomic E-state index is -0.631. The van der Waals surface area contributed by atoms with Crippen LogP contribution in [0.15, 0.2) is 88.9 Å². The number of thiocarbonyl (C=S) groups is 1. The number of benzene rings is 3. The van der Waals surface area contributed by atoms with Crippen LogP contribution in [0, 0.1) is 0 Å². The Morgan fingerprint density at radius 1 is 0.676 bits per heavy atom. The van der Waals surface area contributed by atoms with E-state index in [0.717, 1.165) is 0 Å². The number of rotatable bonds is 4. The molecule has 2 amide bonds. The molecule has 0 aliphatic carbocycles. The van der Waals surface area contributed by atoms with E-state index in [4.69, 9.17) is 63.0 Å². The fourth-order valence-corrected chi connectivity index (χ4v) is 4.73. The predicted octanol–water partition coefficient (Wildman–Crippen LogP) is 8.31. The number of hydrogen-bond donors (Lipinski definition) is 0. The summed E-state index contributed by atoms with van der Waals surface area (Å²) in [5, 5.41) is 1.32. The second-order valence-electron chi connectivity index (χ2n) is 7.89. The highest BCUT2D eigenvalue weighted by Gasteiger charge is 2.41. The fourth-order valence-electron chi connectivity index (χ4n) is 3.76. The van der Waals surface area contributed by atoms with Crippen LogP contribution in [0.4, 0.5) is 11.4 Å². The fraction of sp³-hybridized carbons (Fsp3) is 0. The minimum absolute atomic E-state index is 0.0207. The molecule has 5 rings (SSSR count). The van der Waals surface area contributed by atoms with Crippen molar-refractivity contribution in [3.05, 3.63) is 110 Å². The van der Waals surface area contributed by atoms with Crippen LogP contribution in [0.25, 0.3) is 17.4 Å². The van der Waals surface area contributed by atoms with Gasteiger partial charge in [0.2, 0.25) is 0 Å². The molecule has 5 nitrogen and oxygen atoms in total. The lowest BCUT2D eigenvalue weighted by Gasteiger charge is -2.36. The van der Waals surface area contributed by atoms with Gasteiger partial charge in [-0.1, -0.05) is 64.6 Å². The third-order valence-electron chi connectivity index (χ3n) is 5.54. The van der Waals surface area contributed by atoms with Gasteiger partial charge < -0.3 is 4.42 Å². The summed E-state index contributed by atoms with van der Waals surface area (Å²) in [7, 11) is 0. The summed E-state index contributed by atoms with van der Waals surface area (Å²) in [5.74, 6) is -0.455. The molecule has 0 spiro atoms. The molecule has 184 valence electrons. The third kappa shape index (κ3) is 4.91. The zero-order valence-corrected chi connectivity index (χ0v) is 22.5. The third-order valence-corrected chi connectivity index (χ3v) is 7.39. The summed E-state index contributed by atoms with van der Waals surface area (Å²) in [6, 6.07) is 21.9. The van der Waals surface area contributed by atoms with Gasteiger partial charge in [-0.2, -0.15) is 0 Å². The molecule has 1 saturated heterocycles. The first kappa shape index (κ1) is 25.5. The molecule has 1 aliphatic rings. The van der Waals surface area contributed by atoms with Crippen molar-refractivity contribution >= 4 is 93.0 Å². The number of carbonyl (C=O) groups is 2. The number of nitrogens with zero attached hydrogens (tertiary/aromatic N) is 2. The maximum absolute atomic E-state index is 13.7. The number of para-hydroxylation sites is 1. The van der Waals surface area contributed by atoms with E-state index in [0.29, 0.717) is 37.8 Å². The molecule has 0 bridgehead atoms. The average molecular weight is 588 g/mol. The van der Waals surface area contributed by atoms with Crippen LogP contribution < -0.4 is 9.80 Å². The molecule has 10 heteroatoms. The second kappa shape index (κ2) is 10.3. The van der Waals surface area contributed by atoms with Gasteiger partial charge in [0, 0.05) is 5.56 Å². The molecule has 2 heterocycles. The highest BCUT2D eigenvalue weighted by molar-refractivity contribution is 7.81. The summed E-state index contributed by atoms with van der Waals surface area (Å²) in [5.41, 5.74) is 1.39. The van der Waals surface area contributed by atoms with E-state index >= 15 is 0 Å². The van der Waals surface area contributed by atoms with Gasteiger partial charge in [-0.3, -0.25) is 19.4 Å². The van der Waals surface area contributed by atoms with E-state index in [-0.39, 0.29) is 21.5 Å². The molecule has 0 atom stereocenters. The Morgan fingerprint density at radius 2 is 1.30 bits per heavy atom. The van der Waals surface area contributed by atoms with Gasteiger partial charge in [0.1, 0.15) is 17.1 Å². The number of amides is 2. The monoisotopic (exact) mass is 586 g/mol. The van der Waals surface area contributed by atoms with Crippen LogP contribution in [0.5, 0.6) is 0 Å². The van der Waals surface area contributed by atoms with Gasteiger partial charge in [0.05, 0.1) is 31.5 Å². The van der Waals surface area contributed by atoms with Crippen molar-refractivity contribution in [2.75, 3.05) is 9.80 Å². The van der Waals surface area contributed by atoms with Crippen LogP contribution >= 0.6 is 58.6 Å². The zero-order chi connectivity index (χ0) is 26.3. The highest BCUT2D eigenvalue weighted by atomic mass is 35.5. The largest absolute Gasteiger partial charge is 0.457 e. The molecule has 4 aromatic rings. The van der Waals surface area contributed by atoms with Crippen molar-refractivity contribution < 1.29 is 14.0 Å². The van der Waals surface area contributed by atoms with E-state index in [1.165, 1.54) is 21.9 Å². The second-order valence-corrected chi connectivity index (χ2v) is 9.88. The average Bonchev–Trinajstić information content (AvgIpc) is 3.35. The molecule has 0 saturated carbocycles. The van der Waals surface area contributed by atoms with Gasteiger partial charge >= 0.3 is 0 Å². The van der Waals surface area contributed by atoms with Crippen molar-refractivity contribution in [3.63, 3.8) is 0 Å². The highest BCUT2D eigenvalue weighted by Crippen LogP contribution is 2.34. The summed E-state index contributed by atoms with van der Waals surface area (Å²) in [4.78, 5) is 29.8.